The molecule has 10 nitrogen and oxygen atoms in total. The fourth-order valence-electron chi connectivity index (χ4n) is 8.29. The van der Waals surface area contributed by atoms with Crippen molar-refractivity contribution in [2.24, 2.45) is 0 Å². The van der Waals surface area contributed by atoms with Crippen LogP contribution in [0.15, 0.2) is 72.8 Å². The summed E-state index contributed by atoms with van der Waals surface area (Å²) >= 11 is 0. The predicted octanol–water partition coefficient (Wildman–Crippen LogP) is 5.39. The smallest absolute Gasteiger partial charge is 0.255 e. The van der Waals surface area contributed by atoms with Crippen LogP contribution in [-0.2, 0) is 27.5 Å². The highest BCUT2D eigenvalue weighted by Gasteiger charge is 2.40. The van der Waals surface area contributed by atoms with E-state index >= 15 is 0 Å². The van der Waals surface area contributed by atoms with Crippen molar-refractivity contribution in [3.05, 3.63) is 95.1 Å². The number of imide groups is 1. The number of hydrogen-bond donors (Lipinski definition) is 2. The van der Waals surface area contributed by atoms with Crippen molar-refractivity contribution in [3.63, 3.8) is 0 Å². The van der Waals surface area contributed by atoms with Crippen molar-refractivity contribution in [2.75, 3.05) is 55.6 Å². The SMILES string of the molecule is CC(CCCC(F)OCc1ccccc1)c1ccc(N2CCC(O)(CN3CCN(c4ccc5c(c4)CN(C4CCC(=O)NC4=O)C5=O)CC3)CC2)cc1. The van der Waals surface area contributed by atoms with Crippen molar-refractivity contribution in [1.29, 1.82) is 0 Å². The van der Waals surface area contributed by atoms with E-state index in [1.165, 1.54) is 11.3 Å². The van der Waals surface area contributed by atoms with E-state index in [4.69, 9.17) is 4.74 Å². The van der Waals surface area contributed by atoms with Crippen LogP contribution >= 0.6 is 0 Å². The molecule has 282 valence electrons. The quantitative estimate of drug-likeness (QED) is 0.226. The Morgan fingerprint density at radius 2 is 1.58 bits per heavy atom. The number of nitrogens with one attached hydrogen (secondary N) is 1. The second kappa shape index (κ2) is 16.4. The number of anilines is 2. The first-order valence-electron chi connectivity index (χ1n) is 19.3. The summed E-state index contributed by atoms with van der Waals surface area (Å²) in [6.45, 7) is 8.46. The molecule has 3 saturated heterocycles. The van der Waals surface area contributed by atoms with Gasteiger partial charge in [0.25, 0.3) is 5.91 Å². The highest BCUT2D eigenvalue weighted by Crippen LogP contribution is 2.33. The minimum atomic E-state index is -1.25. The molecule has 3 atom stereocenters. The summed E-state index contributed by atoms with van der Waals surface area (Å²) in [5, 5.41) is 14.0. The molecule has 0 aromatic heterocycles. The van der Waals surface area contributed by atoms with Gasteiger partial charge in [0.15, 0.2) is 6.36 Å². The molecule has 11 heteroatoms. The summed E-state index contributed by atoms with van der Waals surface area (Å²) in [6.07, 6.45) is 2.84. The van der Waals surface area contributed by atoms with Crippen LogP contribution < -0.4 is 15.1 Å². The molecule has 0 spiro atoms. The van der Waals surface area contributed by atoms with Crippen LogP contribution in [0.2, 0.25) is 0 Å². The Morgan fingerprint density at radius 3 is 2.30 bits per heavy atom. The van der Waals surface area contributed by atoms with Crippen molar-refractivity contribution in [3.8, 4) is 0 Å². The third kappa shape index (κ3) is 8.91. The molecule has 3 aromatic carbocycles. The van der Waals surface area contributed by atoms with E-state index in [0.29, 0.717) is 56.9 Å². The number of halogens is 1. The number of fused-ring (bicyclic) bond motifs is 1. The molecule has 0 saturated carbocycles. The zero-order chi connectivity index (χ0) is 37.0. The molecule has 7 rings (SSSR count). The van der Waals surface area contributed by atoms with Gasteiger partial charge in [-0.1, -0.05) is 49.4 Å². The van der Waals surface area contributed by atoms with Crippen molar-refractivity contribution in [2.45, 2.75) is 88.9 Å². The van der Waals surface area contributed by atoms with Crippen LogP contribution in [0.25, 0.3) is 0 Å². The number of piperidine rings is 2. The number of nitrogens with zero attached hydrogens (tertiary/aromatic N) is 4. The Bertz CT molecular complexity index is 1740. The fraction of sp³-hybridized carbons (Fsp3) is 0.500. The van der Waals surface area contributed by atoms with E-state index in [2.05, 4.69) is 57.3 Å². The number of aliphatic hydroxyl groups is 1. The molecule has 4 aliphatic rings. The van der Waals surface area contributed by atoms with Gasteiger partial charge in [0.2, 0.25) is 11.8 Å². The molecule has 3 amide bonds. The molecule has 2 N–H and O–H groups in total. The second-order valence-electron chi connectivity index (χ2n) is 15.3. The summed E-state index contributed by atoms with van der Waals surface area (Å²) in [5.74, 6) is -0.502. The largest absolute Gasteiger partial charge is 0.388 e. The highest BCUT2D eigenvalue weighted by molar-refractivity contribution is 6.05. The maximum Gasteiger partial charge on any atom is 0.255 e. The van der Waals surface area contributed by atoms with Gasteiger partial charge in [-0.05, 0) is 85.0 Å². The van der Waals surface area contributed by atoms with E-state index < -0.39 is 23.9 Å². The Morgan fingerprint density at radius 1 is 0.887 bits per heavy atom. The monoisotopic (exact) mass is 725 g/mol. The molecule has 4 heterocycles. The third-order valence-electron chi connectivity index (χ3n) is 11.6. The van der Waals surface area contributed by atoms with Gasteiger partial charge in [-0.25, -0.2) is 4.39 Å². The number of β-amino-alcohol motifs (C(OH)–C–C–N with tert-alkyl or cyclic N) is 1. The lowest BCUT2D eigenvalue weighted by atomic mass is 9.90. The Kier molecular flexibility index (Phi) is 11.4. The molecule has 3 unspecified atom stereocenters. The summed E-state index contributed by atoms with van der Waals surface area (Å²) in [5.41, 5.74) is 5.29. The summed E-state index contributed by atoms with van der Waals surface area (Å²) in [4.78, 5) is 45.8. The van der Waals surface area contributed by atoms with Crippen molar-refractivity contribution >= 4 is 29.1 Å². The number of ether oxygens (including phenoxy) is 1. The van der Waals surface area contributed by atoms with Gasteiger partial charge in [0.1, 0.15) is 6.04 Å². The Hall–Kier alpha value is -4.32. The second-order valence-corrected chi connectivity index (χ2v) is 15.3. The number of carbonyl (C=O) groups is 3. The zero-order valence-corrected chi connectivity index (χ0v) is 30.7. The number of alkyl halides is 1. The Labute approximate surface area is 311 Å². The van der Waals surface area contributed by atoms with Gasteiger partial charge in [-0.3, -0.25) is 24.6 Å². The number of benzene rings is 3. The average Bonchev–Trinajstić information content (AvgIpc) is 3.49. The summed E-state index contributed by atoms with van der Waals surface area (Å²) in [7, 11) is 0. The van der Waals surface area contributed by atoms with Gasteiger partial charge in [0.05, 0.1) is 12.2 Å². The Balaban J connectivity index is 0.824. The predicted molar refractivity (Wildman–Crippen MR) is 202 cm³/mol. The minimum Gasteiger partial charge on any atom is -0.388 e. The molecule has 3 aromatic rings. The van der Waals surface area contributed by atoms with Crippen molar-refractivity contribution < 1.29 is 28.6 Å². The van der Waals surface area contributed by atoms with Crippen LogP contribution in [0.5, 0.6) is 0 Å². The molecule has 53 heavy (non-hydrogen) atoms. The highest BCUT2D eigenvalue weighted by atomic mass is 19.1. The first kappa shape index (κ1) is 37.0. The first-order valence-corrected chi connectivity index (χ1v) is 19.3. The maximum atomic E-state index is 14.3. The zero-order valence-electron chi connectivity index (χ0n) is 30.7. The lowest BCUT2D eigenvalue weighted by Gasteiger charge is -2.44. The van der Waals surface area contributed by atoms with Gasteiger partial charge < -0.3 is 24.5 Å². The molecular formula is C42H52FN5O5. The number of amides is 3. The first-order chi connectivity index (χ1) is 25.6. The summed E-state index contributed by atoms with van der Waals surface area (Å²) in [6, 6.07) is 23.7. The lowest BCUT2D eigenvalue weighted by molar-refractivity contribution is -0.136. The van der Waals surface area contributed by atoms with Crippen molar-refractivity contribution in [1.82, 2.24) is 15.1 Å². The molecule has 0 radical (unpaired) electrons. The minimum absolute atomic E-state index is 0.154. The third-order valence-corrected chi connectivity index (χ3v) is 11.6. The molecule has 4 aliphatic heterocycles. The van der Waals surface area contributed by atoms with Gasteiger partial charge in [-0.2, -0.15) is 0 Å². The van der Waals surface area contributed by atoms with Crippen LogP contribution in [0, 0.1) is 0 Å². The molecule has 0 bridgehead atoms. The normalized spacial score (nSPS) is 21.8. The van der Waals surface area contributed by atoms with E-state index in [-0.39, 0.29) is 18.2 Å². The molecule has 0 aliphatic carbocycles. The van der Waals surface area contributed by atoms with E-state index in [1.807, 2.05) is 42.5 Å². The topological polar surface area (TPSA) is 106 Å². The molecular weight excluding hydrogens is 673 g/mol. The van der Waals surface area contributed by atoms with Crippen LogP contribution in [0.3, 0.4) is 0 Å². The average molecular weight is 726 g/mol. The number of carbonyl (C=O) groups excluding carboxylic acids is 3. The van der Waals surface area contributed by atoms with Gasteiger partial charge in [0, 0.05) is 82.1 Å². The van der Waals surface area contributed by atoms with E-state index in [9.17, 15) is 23.9 Å². The maximum absolute atomic E-state index is 14.3. The van der Waals surface area contributed by atoms with Crippen LogP contribution in [0.4, 0.5) is 15.8 Å². The number of piperazine rings is 1. The van der Waals surface area contributed by atoms with E-state index in [1.54, 1.807) is 4.90 Å². The van der Waals surface area contributed by atoms with Crippen LogP contribution in [-0.4, -0.2) is 96.4 Å². The summed E-state index contributed by atoms with van der Waals surface area (Å²) < 4.78 is 19.7. The molecule has 3 fully saturated rings. The van der Waals surface area contributed by atoms with E-state index in [0.717, 1.165) is 68.9 Å². The standard InChI is InChI=1S/C42H52FN5O5/c1-30(6-5-9-38(43)53-28-31-7-3-2-4-8-31)32-10-12-34(13-11-32)46-20-18-42(52,19-21-46)29-45-22-24-47(25-23-45)35-14-15-36-33(26-35)27-48(41(36)51)37-16-17-39(49)44-40(37)50/h2-4,7-8,10-15,26,30,37-38,52H,5-6,9,16-25,27-29H2,1H3,(H,44,49,50). The number of hydrogen-bond acceptors (Lipinski definition) is 8. The number of rotatable bonds is 13. The lowest BCUT2D eigenvalue weighted by Crippen LogP contribution is -2.55. The van der Waals surface area contributed by atoms with Gasteiger partial charge in [-0.15, -0.1) is 0 Å². The fourth-order valence-corrected chi connectivity index (χ4v) is 8.29. The van der Waals surface area contributed by atoms with Crippen LogP contribution in [0.1, 0.15) is 84.8 Å². The van der Waals surface area contributed by atoms with Gasteiger partial charge >= 0.3 is 0 Å².